The lowest BCUT2D eigenvalue weighted by Crippen LogP contribution is -1.81. The van der Waals surface area contributed by atoms with Gasteiger partial charge in [-0.05, 0) is 23.7 Å². The summed E-state index contributed by atoms with van der Waals surface area (Å²) in [6.45, 7) is 0. The van der Waals surface area contributed by atoms with Crippen molar-refractivity contribution in [1.82, 2.24) is 10.2 Å². The fourth-order valence-corrected chi connectivity index (χ4v) is 0.909. The molecule has 0 bridgehead atoms. The molecule has 0 aliphatic heterocycles. The van der Waals surface area contributed by atoms with Gasteiger partial charge in [-0.1, -0.05) is 5.10 Å². The zero-order valence-electron chi connectivity index (χ0n) is 5.82. The Kier molecular flexibility index (Phi) is 1.51. The molecule has 2 aromatic rings. The first kappa shape index (κ1) is 7.17. The Hall–Kier alpha value is -1.49. The van der Waals surface area contributed by atoms with E-state index in [1.165, 1.54) is 0 Å². The maximum atomic E-state index is 5.53. The standard InChI is InChI=1S/C6H4ClN3O2/c7-4-2-1-3(11-4)5-9-10-6(8)12-5/h1-2H,(H2,8,10). The molecule has 2 heterocycles. The van der Waals surface area contributed by atoms with Crippen LogP contribution in [0, 0.1) is 0 Å². The Labute approximate surface area is 72.1 Å². The largest absolute Gasteiger partial charge is 0.440 e. The molecule has 0 radical (unpaired) electrons. The highest BCUT2D eigenvalue weighted by molar-refractivity contribution is 6.28. The molecule has 0 atom stereocenters. The van der Waals surface area contributed by atoms with Gasteiger partial charge in [0, 0.05) is 0 Å². The molecule has 0 saturated carbocycles. The molecule has 2 N–H and O–H groups in total. The van der Waals surface area contributed by atoms with Gasteiger partial charge in [0.1, 0.15) is 0 Å². The Bertz CT molecular complexity index is 357. The Morgan fingerprint density at radius 3 is 2.58 bits per heavy atom. The fourth-order valence-electron chi connectivity index (χ4n) is 0.763. The average molecular weight is 186 g/mol. The first-order chi connectivity index (χ1) is 5.75. The molecule has 0 unspecified atom stereocenters. The lowest BCUT2D eigenvalue weighted by Gasteiger charge is -1.83. The van der Waals surface area contributed by atoms with E-state index in [1.54, 1.807) is 12.1 Å². The number of furan rings is 1. The molecule has 12 heavy (non-hydrogen) atoms. The molecule has 2 aromatic heterocycles. The van der Waals surface area contributed by atoms with Gasteiger partial charge in [0.25, 0.3) is 5.89 Å². The molecule has 62 valence electrons. The van der Waals surface area contributed by atoms with E-state index in [2.05, 4.69) is 10.2 Å². The number of hydrogen-bond donors (Lipinski definition) is 1. The first-order valence-corrected chi connectivity index (χ1v) is 3.48. The van der Waals surface area contributed by atoms with E-state index in [-0.39, 0.29) is 17.1 Å². The number of rotatable bonds is 1. The van der Waals surface area contributed by atoms with Crippen molar-refractivity contribution in [2.45, 2.75) is 0 Å². The van der Waals surface area contributed by atoms with Gasteiger partial charge in [0.2, 0.25) is 0 Å². The molecule has 0 aromatic carbocycles. The normalized spacial score (nSPS) is 10.4. The van der Waals surface area contributed by atoms with Crippen LogP contribution in [0.5, 0.6) is 0 Å². The van der Waals surface area contributed by atoms with E-state index in [9.17, 15) is 0 Å². The lowest BCUT2D eigenvalue weighted by molar-refractivity contribution is 0.526. The molecule has 0 fully saturated rings. The zero-order valence-corrected chi connectivity index (χ0v) is 6.58. The van der Waals surface area contributed by atoms with E-state index < -0.39 is 0 Å². The summed E-state index contributed by atoms with van der Waals surface area (Å²) in [7, 11) is 0. The minimum Gasteiger partial charge on any atom is -0.440 e. The third-order valence-corrected chi connectivity index (χ3v) is 1.43. The molecule has 5 nitrogen and oxygen atoms in total. The highest BCUT2D eigenvalue weighted by atomic mass is 35.5. The highest BCUT2D eigenvalue weighted by Crippen LogP contribution is 2.23. The summed E-state index contributed by atoms with van der Waals surface area (Å²) in [5, 5.41) is 7.33. The second kappa shape index (κ2) is 2.53. The summed E-state index contributed by atoms with van der Waals surface area (Å²) >= 11 is 5.53. The number of aromatic nitrogens is 2. The molecule has 2 rings (SSSR count). The van der Waals surface area contributed by atoms with Crippen LogP contribution in [0.4, 0.5) is 6.01 Å². The summed E-state index contributed by atoms with van der Waals surface area (Å²) in [4.78, 5) is 0. The summed E-state index contributed by atoms with van der Waals surface area (Å²) in [6.07, 6.45) is 0. The van der Waals surface area contributed by atoms with Crippen molar-refractivity contribution in [3.8, 4) is 11.7 Å². The van der Waals surface area contributed by atoms with Gasteiger partial charge < -0.3 is 14.6 Å². The third kappa shape index (κ3) is 1.14. The SMILES string of the molecule is Nc1nnc(-c2ccc(Cl)o2)o1. The van der Waals surface area contributed by atoms with Crippen molar-refractivity contribution in [2.24, 2.45) is 0 Å². The van der Waals surface area contributed by atoms with Crippen molar-refractivity contribution in [1.29, 1.82) is 0 Å². The quantitative estimate of drug-likeness (QED) is 0.730. The van der Waals surface area contributed by atoms with E-state index in [0.29, 0.717) is 5.76 Å². The van der Waals surface area contributed by atoms with E-state index in [1.807, 2.05) is 0 Å². The Balaban J connectivity index is 2.43. The monoisotopic (exact) mass is 185 g/mol. The summed E-state index contributed by atoms with van der Waals surface area (Å²) < 4.78 is 9.88. The smallest absolute Gasteiger partial charge is 0.313 e. The number of hydrogen-bond acceptors (Lipinski definition) is 5. The number of nitrogens with two attached hydrogens (primary N) is 1. The van der Waals surface area contributed by atoms with Crippen LogP contribution in [-0.2, 0) is 0 Å². The van der Waals surface area contributed by atoms with Crippen LogP contribution >= 0.6 is 11.6 Å². The highest BCUT2D eigenvalue weighted by Gasteiger charge is 2.09. The molecule has 0 aliphatic rings. The van der Waals surface area contributed by atoms with Gasteiger partial charge >= 0.3 is 6.01 Å². The van der Waals surface area contributed by atoms with Crippen molar-refractivity contribution < 1.29 is 8.83 Å². The van der Waals surface area contributed by atoms with Crippen molar-refractivity contribution in [3.63, 3.8) is 0 Å². The maximum Gasteiger partial charge on any atom is 0.313 e. The van der Waals surface area contributed by atoms with Crippen LogP contribution in [0.2, 0.25) is 5.22 Å². The van der Waals surface area contributed by atoms with Crippen LogP contribution < -0.4 is 5.73 Å². The van der Waals surface area contributed by atoms with Gasteiger partial charge in [-0.2, -0.15) is 0 Å². The minimum atomic E-state index is -0.00229. The van der Waals surface area contributed by atoms with E-state index >= 15 is 0 Å². The van der Waals surface area contributed by atoms with Crippen LogP contribution in [0.15, 0.2) is 21.0 Å². The van der Waals surface area contributed by atoms with Crippen LogP contribution in [0.3, 0.4) is 0 Å². The van der Waals surface area contributed by atoms with Crippen LogP contribution in [-0.4, -0.2) is 10.2 Å². The molecular weight excluding hydrogens is 182 g/mol. The second-order valence-electron chi connectivity index (χ2n) is 2.05. The van der Waals surface area contributed by atoms with Gasteiger partial charge in [-0.15, -0.1) is 5.10 Å². The molecule has 0 amide bonds. The van der Waals surface area contributed by atoms with Gasteiger partial charge in [0.15, 0.2) is 11.0 Å². The van der Waals surface area contributed by atoms with Gasteiger partial charge in [0.05, 0.1) is 0 Å². The van der Waals surface area contributed by atoms with E-state index in [0.717, 1.165) is 0 Å². The first-order valence-electron chi connectivity index (χ1n) is 3.10. The number of halogens is 1. The average Bonchev–Trinajstić information content (AvgIpc) is 2.58. The topological polar surface area (TPSA) is 78.1 Å². The van der Waals surface area contributed by atoms with Crippen LogP contribution in [0.1, 0.15) is 0 Å². The Morgan fingerprint density at radius 2 is 2.08 bits per heavy atom. The second-order valence-corrected chi connectivity index (χ2v) is 2.42. The van der Waals surface area contributed by atoms with Crippen molar-refractivity contribution in [3.05, 3.63) is 17.4 Å². The number of nitrogen functional groups attached to an aromatic ring is 1. The predicted molar refractivity (Wildman–Crippen MR) is 41.4 cm³/mol. The number of nitrogens with zero attached hydrogens (tertiary/aromatic N) is 2. The van der Waals surface area contributed by atoms with Crippen molar-refractivity contribution in [2.75, 3.05) is 5.73 Å². The minimum absolute atomic E-state index is 0.00229. The summed E-state index contributed by atoms with van der Waals surface area (Å²) in [6, 6.07) is 3.20. The zero-order chi connectivity index (χ0) is 8.55. The third-order valence-electron chi connectivity index (χ3n) is 1.22. The van der Waals surface area contributed by atoms with Crippen molar-refractivity contribution >= 4 is 17.6 Å². The Morgan fingerprint density at radius 1 is 1.25 bits per heavy atom. The predicted octanol–water partition coefficient (Wildman–Crippen LogP) is 1.57. The maximum absolute atomic E-state index is 5.53. The summed E-state index contributed by atoms with van der Waals surface area (Å²) in [5.41, 5.74) is 5.21. The fraction of sp³-hybridized carbons (Fsp3) is 0. The molecule has 0 aliphatic carbocycles. The summed E-state index contributed by atoms with van der Waals surface area (Å²) in [5.74, 6) is 0.628. The van der Waals surface area contributed by atoms with Crippen LogP contribution in [0.25, 0.3) is 11.7 Å². The number of anilines is 1. The lowest BCUT2D eigenvalue weighted by atomic mass is 10.5. The van der Waals surface area contributed by atoms with E-state index in [4.69, 9.17) is 26.2 Å². The molecular formula is C6H4ClN3O2. The van der Waals surface area contributed by atoms with Gasteiger partial charge in [-0.25, -0.2) is 0 Å². The molecule has 0 saturated heterocycles. The molecule has 0 spiro atoms. The van der Waals surface area contributed by atoms with Gasteiger partial charge in [-0.3, -0.25) is 0 Å². The molecule has 6 heteroatoms.